The quantitative estimate of drug-likeness (QED) is 0.757. The number of hydrogen-bond acceptors (Lipinski definition) is 3. The molecule has 0 spiro atoms. The number of tetrazole rings is 1. The van der Waals surface area contributed by atoms with Crippen molar-refractivity contribution in [2.24, 2.45) is 0 Å². The van der Waals surface area contributed by atoms with Crippen molar-refractivity contribution in [1.82, 2.24) is 20.2 Å². The third kappa shape index (κ3) is 1.90. The summed E-state index contributed by atoms with van der Waals surface area (Å²) in [6.45, 7) is 3.61. The van der Waals surface area contributed by atoms with Gasteiger partial charge in [-0.1, -0.05) is 6.07 Å². The number of benzene rings is 1. The van der Waals surface area contributed by atoms with E-state index in [9.17, 15) is 4.39 Å². The molecule has 0 aliphatic heterocycles. The average Bonchev–Trinajstić information content (AvgIpc) is 2.70. The maximum atomic E-state index is 13.6. The van der Waals surface area contributed by atoms with E-state index < -0.39 is 0 Å². The fraction of sp³-hybridized carbons (Fsp3) is 0.300. The lowest BCUT2D eigenvalue weighted by Crippen LogP contribution is -2.06. The van der Waals surface area contributed by atoms with Crippen LogP contribution >= 0.6 is 11.6 Å². The first kappa shape index (κ1) is 11.0. The molecule has 0 aliphatic carbocycles. The maximum Gasteiger partial charge on any atom is 0.174 e. The van der Waals surface area contributed by atoms with E-state index in [4.69, 9.17) is 11.6 Å². The van der Waals surface area contributed by atoms with E-state index in [0.29, 0.717) is 11.5 Å². The van der Waals surface area contributed by atoms with Gasteiger partial charge in [0.1, 0.15) is 11.5 Å². The second-order valence-corrected chi connectivity index (χ2v) is 4.17. The van der Waals surface area contributed by atoms with Gasteiger partial charge in [0.15, 0.2) is 5.82 Å². The normalized spacial score (nSPS) is 12.8. The monoisotopic (exact) mass is 240 g/mol. The van der Waals surface area contributed by atoms with Crippen LogP contribution in [0.2, 0.25) is 0 Å². The molecule has 1 unspecified atom stereocenters. The summed E-state index contributed by atoms with van der Waals surface area (Å²) in [4.78, 5) is 0. The number of hydrogen-bond donors (Lipinski definition) is 0. The Kier molecular flexibility index (Phi) is 2.87. The van der Waals surface area contributed by atoms with Gasteiger partial charge in [-0.3, -0.25) is 0 Å². The van der Waals surface area contributed by atoms with Crippen molar-refractivity contribution in [3.05, 3.63) is 35.4 Å². The van der Waals surface area contributed by atoms with Gasteiger partial charge in [-0.05, 0) is 42.0 Å². The minimum atomic E-state index is -0.380. The molecule has 0 bridgehead atoms. The smallest absolute Gasteiger partial charge is 0.174 e. The summed E-state index contributed by atoms with van der Waals surface area (Å²) in [6, 6.07) is 4.75. The molecule has 0 saturated carbocycles. The number of nitrogens with zero attached hydrogens (tertiary/aromatic N) is 4. The molecule has 16 heavy (non-hydrogen) atoms. The summed E-state index contributed by atoms with van der Waals surface area (Å²) < 4.78 is 14.9. The molecular weight excluding hydrogens is 231 g/mol. The van der Waals surface area contributed by atoms with E-state index >= 15 is 0 Å². The van der Waals surface area contributed by atoms with Crippen molar-refractivity contribution in [1.29, 1.82) is 0 Å². The van der Waals surface area contributed by atoms with Crippen LogP contribution in [-0.2, 0) is 0 Å². The molecule has 4 nitrogen and oxygen atoms in total. The van der Waals surface area contributed by atoms with E-state index in [0.717, 1.165) is 5.56 Å². The second-order valence-electron chi connectivity index (χ2n) is 3.52. The molecule has 0 saturated heterocycles. The van der Waals surface area contributed by atoms with Gasteiger partial charge in [0.2, 0.25) is 0 Å². The topological polar surface area (TPSA) is 43.6 Å². The highest BCUT2D eigenvalue weighted by Crippen LogP contribution is 2.21. The van der Waals surface area contributed by atoms with Gasteiger partial charge in [0.25, 0.3) is 0 Å². The largest absolute Gasteiger partial charge is 0.205 e. The molecule has 1 atom stereocenters. The summed E-state index contributed by atoms with van der Waals surface area (Å²) >= 11 is 5.91. The van der Waals surface area contributed by atoms with Crippen molar-refractivity contribution in [2.45, 2.75) is 19.2 Å². The van der Waals surface area contributed by atoms with E-state index in [2.05, 4.69) is 15.5 Å². The van der Waals surface area contributed by atoms with E-state index in [1.807, 2.05) is 6.92 Å². The highest BCUT2D eigenvalue weighted by atomic mass is 35.5. The van der Waals surface area contributed by atoms with Crippen LogP contribution < -0.4 is 0 Å². The zero-order chi connectivity index (χ0) is 11.7. The Bertz CT molecular complexity index is 509. The van der Waals surface area contributed by atoms with E-state index in [-0.39, 0.29) is 11.2 Å². The number of alkyl halides is 1. The molecule has 1 aromatic carbocycles. The lowest BCUT2D eigenvalue weighted by atomic mass is 10.2. The van der Waals surface area contributed by atoms with Crippen LogP contribution in [0.4, 0.5) is 4.39 Å². The minimum absolute atomic E-state index is 0.313. The molecule has 0 aliphatic rings. The van der Waals surface area contributed by atoms with Crippen LogP contribution in [0.15, 0.2) is 18.2 Å². The number of rotatable bonds is 2. The van der Waals surface area contributed by atoms with Gasteiger partial charge >= 0.3 is 0 Å². The average molecular weight is 241 g/mol. The molecule has 0 amide bonds. The number of halogens is 2. The van der Waals surface area contributed by atoms with Crippen molar-refractivity contribution in [2.75, 3.05) is 0 Å². The predicted octanol–water partition coefficient (Wildman–Crippen LogP) is 2.41. The van der Waals surface area contributed by atoms with Gasteiger partial charge in [0, 0.05) is 0 Å². The maximum absolute atomic E-state index is 13.6. The zero-order valence-corrected chi connectivity index (χ0v) is 9.61. The Labute approximate surface area is 97.0 Å². The molecule has 0 radical (unpaired) electrons. The van der Waals surface area contributed by atoms with Crippen molar-refractivity contribution in [3.63, 3.8) is 0 Å². The molecule has 6 heteroatoms. The summed E-state index contributed by atoms with van der Waals surface area (Å²) in [7, 11) is 0. The van der Waals surface area contributed by atoms with Gasteiger partial charge in [-0.2, -0.15) is 4.68 Å². The van der Waals surface area contributed by atoms with Crippen molar-refractivity contribution >= 4 is 11.6 Å². The van der Waals surface area contributed by atoms with Gasteiger partial charge in [-0.25, -0.2) is 4.39 Å². The second kappa shape index (κ2) is 4.17. The molecule has 84 valence electrons. The fourth-order valence-corrected chi connectivity index (χ4v) is 1.53. The van der Waals surface area contributed by atoms with Crippen molar-refractivity contribution < 1.29 is 4.39 Å². The lowest BCUT2D eigenvalue weighted by Gasteiger charge is -2.07. The molecule has 0 fully saturated rings. The summed E-state index contributed by atoms with van der Waals surface area (Å²) in [5, 5.41) is 10.6. The molecule has 0 N–H and O–H groups in total. The van der Waals surface area contributed by atoms with Crippen LogP contribution in [0.25, 0.3) is 5.69 Å². The Morgan fingerprint density at radius 3 is 2.88 bits per heavy atom. The molecule has 1 heterocycles. The van der Waals surface area contributed by atoms with Crippen LogP contribution in [-0.4, -0.2) is 20.2 Å². The lowest BCUT2D eigenvalue weighted by molar-refractivity contribution is 0.601. The minimum Gasteiger partial charge on any atom is -0.205 e. The van der Waals surface area contributed by atoms with Crippen LogP contribution in [0, 0.1) is 12.7 Å². The first-order chi connectivity index (χ1) is 7.59. The summed E-state index contributed by atoms with van der Waals surface area (Å²) in [5.74, 6) is 0.0441. The third-order valence-corrected chi connectivity index (χ3v) is 2.37. The fourth-order valence-electron chi connectivity index (χ4n) is 1.40. The van der Waals surface area contributed by atoms with Crippen LogP contribution in [0.5, 0.6) is 0 Å². The summed E-state index contributed by atoms with van der Waals surface area (Å²) in [6.07, 6.45) is 0. The van der Waals surface area contributed by atoms with Gasteiger partial charge in [-0.15, -0.1) is 16.7 Å². The molecular formula is C10H10ClFN4. The third-order valence-electron chi connectivity index (χ3n) is 2.18. The van der Waals surface area contributed by atoms with Crippen LogP contribution in [0.3, 0.4) is 0 Å². The van der Waals surface area contributed by atoms with Crippen molar-refractivity contribution in [3.8, 4) is 5.69 Å². The van der Waals surface area contributed by atoms with E-state index in [1.165, 1.54) is 10.7 Å². The standard InChI is InChI=1S/C10H10ClFN4/c1-6-3-4-8(12)9(5-6)16-10(7(2)11)13-14-15-16/h3-5,7H,1-2H3. The Morgan fingerprint density at radius 1 is 1.44 bits per heavy atom. The Balaban J connectivity index is 2.58. The number of aromatic nitrogens is 4. The highest BCUT2D eigenvalue weighted by molar-refractivity contribution is 6.20. The first-order valence-corrected chi connectivity index (χ1v) is 5.22. The van der Waals surface area contributed by atoms with Gasteiger partial charge < -0.3 is 0 Å². The molecule has 2 aromatic rings. The Hall–Kier alpha value is -1.49. The predicted molar refractivity (Wildman–Crippen MR) is 58.1 cm³/mol. The van der Waals surface area contributed by atoms with Gasteiger partial charge in [0.05, 0.1) is 5.38 Å². The van der Waals surface area contributed by atoms with Crippen LogP contribution in [0.1, 0.15) is 23.7 Å². The molecule has 2 rings (SSSR count). The molecule has 1 aromatic heterocycles. The highest BCUT2D eigenvalue weighted by Gasteiger charge is 2.16. The summed E-state index contributed by atoms with van der Waals surface area (Å²) in [5.41, 5.74) is 1.24. The SMILES string of the molecule is Cc1ccc(F)c(-n2nnnc2C(C)Cl)c1. The first-order valence-electron chi connectivity index (χ1n) is 4.78. The van der Waals surface area contributed by atoms with E-state index in [1.54, 1.807) is 19.1 Å². The number of aryl methyl sites for hydroxylation is 1. The zero-order valence-electron chi connectivity index (χ0n) is 8.85. The Morgan fingerprint density at radius 2 is 2.19 bits per heavy atom.